The van der Waals surface area contributed by atoms with Crippen LogP contribution < -0.4 is 14.2 Å². The zero-order chi connectivity index (χ0) is 21.1. The Labute approximate surface area is 176 Å². The lowest BCUT2D eigenvalue weighted by Crippen LogP contribution is -2.50. The molecule has 4 rings (SSSR count). The molecule has 1 fully saturated rings. The minimum Gasteiger partial charge on any atom is -0.494 e. The summed E-state index contributed by atoms with van der Waals surface area (Å²) in [4.78, 5) is 15.0. The monoisotopic (exact) mass is 431 g/mol. The van der Waals surface area contributed by atoms with Crippen LogP contribution in [0.15, 0.2) is 48.5 Å². The fourth-order valence-electron chi connectivity index (χ4n) is 3.79. The van der Waals surface area contributed by atoms with Gasteiger partial charge in [-0.15, -0.1) is 0 Å². The van der Waals surface area contributed by atoms with Crippen LogP contribution in [-0.4, -0.2) is 56.1 Å². The van der Waals surface area contributed by atoms with Gasteiger partial charge in [-0.05, 0) is 43.2 Å². The van der Waals surface area contributed by atoms with Crippen molar-refractivity contribution in [2.45, 2.75) is 32.0 Å². The van der Waals surface area contributed by atoms with Crippen molar-refractivity contribution >= 4 is 15.7 Å². The summed E-state index contributed by atoms with van der Waals surface area (Å²) >= 11 is 0. The third kappa shape index (κ3) is 4.53. The number of rotatable bonds is 6. The summed E-state index contributed by atoms with van der Waals surface area (Å²) < 4.78 is 41.2. The second-order valence-electron chi connectivity index (χ2n) is 7.46. The number of carbonyl (C=O) groups excluding carboxylic acids is 1. The van der Waals surface area contributed by atoms with Crippen LogP contribution in [0, 0.1) is 0 Å². The molecule has 0 unspecified atom stereocenters. The summed E-state index contributed by atoms with van der Waals surface area (Å²) in [6.07, 6.45) is -0.388. The topological polar surface area (TPSA) is 82.1 Å². The molecule has 0 saturated carbocycles. The van der Waals surface area contributed by atoms with E-state index in [9.17, 15) is 13.2 Å². The molecule has 0 bridgehead atoms. The smallest absolute Gasteiger partial charge is 0.267 e. The van der Waals surface area contributed by atoms with E-state index in [1.807, 2.05) is 43.3 Å². The van der Waals surface area contributed by atoms with Gasteiger partial charge >= 0.3 is 0 Å². The minimum absolute atomic E-state index is 0.0278. The lowest BCUT2D eigenvalue weighted by atomic mass is 10.1. The molecule has 2 aromatic carbocycles. The summed E-state index contributed by atoms with van der Waals surface area (Å²) in [7, 11) is -3.15. The first-order valence-corrected chi connectivity index (χ1v) is 11.9. The van der Waals surface area contributed by atoms with Crippen molar-refractivity contribution in [1.29, 1.82) is 0 Å². The Bertz CT molecular complexity index is 1000. The van der Waals surface area contributed by atoms with Gasteiger partial charge < -0.3 is 19.1 Å². The Balaban J connectivity index is 1.55. The van der Waals surface area contributed by atoms with E-state index in [1.165, 1.54) is 0 Å². The molecule has 0 radical (unpaired) electrons. The number of carbonyl (C=O) groups is 1. The SMILES string of the molecule is CCOc1ccc(CN(C(=O)[C@H]2COc3ccccc3O2)[C@H]2CCS(=O)(=O)C2)cc1. The van der Waals surface area contributed by atoms with Gasteiger partial charge in [0.2, 0.25) is 6.10 Å². The molecule has 2 aliphatic heterocycles. The first-order chi connectivity index (χ1) is 14.4. The third-order valence-corrected chi connectivity index (χ3v) is 7.05. The van der Waals surface area contributed by atoms with Gasteiger partial charge in [0.25, 0.3) is 5.91 Å². The zero-order valence-electron chi connectivity index (χ0n) is 16.8. The van der Waals surface area contributed by atoms with Crippen LogP contribution in [0.3, 0.4) is 0 Å². The number of ether oxygens (including phenoxy) is 3. The highest BCUT2D eigenvalue weighted by molar-refractivity contribution is 7.91. The number of nitrogens with zero attached hydrogens (tertiary/aromatic N) is 1. The van der Waals surface area contributed by atoms with Crippen LogP contribution in [0.1, 0.15) is 18.9 Å². The summed E-state index contributed by atoms with van der Waals surface area (Å²) in [5, 5.41) is 0. The van der Waals surface area contributed by atoms with Gasteiger partial charge in [0, 0.05) is 12.6 Å². The third-order valence-electron chi connectivity index (χ3n) is 5.30. The van der Waals surface area contributed by atoms with Crippen molar-refractivity contribution in [3.63, 3.8) is 0 Å². The van der Waals surface area contributed by atoms with Gasteiger partial charge in [0.05, 0.1) is 18.1 Å². The molecule has 1 amide bonds. The number of fused-ring (bicyclic) bond motifs is 1. The number of hydrogen-bond donors (Lipinski definition) is 0. The first-order valence-electron chi connectivity index (χ1n) is 10.1. The molecule has 8 heteroatoms. The number of benzene rings is 2. The van der Waals surface area contributed by atoms with Gasteiger partial charge in [0.1, 0.15) is 12.4 Å². The predicted molar refractivity (Wildman–Crippen MR) is 112 cm³/mol. The lowest BCUT2D eigenvalue weighted by Gasteiger charge is -2.34. The molecule has 1 saturated heterocycles. The second kappa shape index (κ2) is 8.55. The van der Waals surface area contributed by atoms with E-state index in [-0.39, 0.29) is 30.1 Å². The maximum absolute atomic E-state index is 13.4. The van der Waals surface area contributed by atoms with Gasteiger partial charge in [-0.1, -0.05) is 24.3 Å². The van der Waals surface area contributed by atoms with E-state index in [4.69, 9.17) is 14.2 Å². The van der Waals surface area contributed by atoms with Crippen LogP contribution in [0.4, 0.5) is 0 Å². The summed E-state index contributed by atoms with van der Waals surface area (Å²) in [6, 6.07) is 14.3. The van der Waals surface area contributed by atoms with Crippen molar-refractivity contribution in [3.8, 4) is 17.2 Å². The fourth-order valence-corrected chi connectivity index (χ4v) is 5.52. The zero-order valence-corrected chi connectivity index (χ0v) is 17.6. The highest BCUT2D eigenvalue weighted by Crippen LogP contribution is 2.32. The molecular weight excluding hydrogens is 406 g/mol. The standard InChI is InChI=1S/C22H25NO6S/c1-2-27-18-9-7-16(8-10-18)13-23(17-11-12-30(25,26)15-17)22(24)21-14-28-19-5-3-4-6-20(19)29-21/h3-10,17,21H,2,11-15H2,1H3/t17-,21+/m0/s1. The van der Waals surface area contributed by atoms with Gasteiger partial charge in [-0.25, -0.2) is 8.42 Å². The van der Waals surface area contributed by atoms with Crippen molar-refractivity contribution < 1.29 is 27.4 Å². The molecule has 2 aliphatic rings. The molecular formula is C22H25NO6S. The maximum atomic E-state index is 13.4. The van der Waals surface area contributed by atoms with Crippen LogP contribution in [0.25, 0.3) is 0 Å². The van der Waals surface area contributed by atoms with E-state index in [1.54, 1.807) is 17.0 Å². The van der Waals surface area contributed by atoms with Crippen LogP contribution in [0.2, 0.25) is 0 Å². The number of hydrogen-bond acceptors (Lipinski definition) is 6. The van der Waals surface area contributed by atoms with Gasteiger partial charge in [0.15, 0.2) is 21.3 Å². The van der Waals surface area contributed by atoms with E-state index in [2.05, 4.69) is 0 Å². The lowest BCUT2D eigenvalue weighted by molar-refractivity contribution is -0.143. The van der Waals surface area contributed by atoms with Crippen molar-refractivity contribution in [2.24, 2.45) is 0 Å². The molecule has 30 heavy (non-hydrogen) atoms. The molecule has 2 aromatic rings. The Morgan fingerprint density at radius 1 is 1.13 bits per heavy atom. The van der Waals surface area contributed by atoms with E-state index >= 15 is 0 Å². The molecule has 2 atom stereocenters. The van der Waals surface area contributed by atoms with Crippen LogP contribution in [-0.2, 0) is 21.2 Å². The highest BCUT2D eigenvalue weighted by atomic mass is 32.2. The predicted octanol–water partition coefficient (Wildman–Crippen LogP) is 2.44. The average molecular weight is 432 g/mol. The Morgan fingerprint density at radius 3 is 2.53 bits per heavy atom. The molecule has 2 heterocycles. The average Bonchev–Trinajstić information content (AvgIpc) is 3.12. The van der Waals surface area contributed by atoms with Gasteiger partial charge in [-0.3, -0.25) is 4.79 Å². The quantitative estimate of drug-likeness (QED) is 0.699. The van der Waals surface area contributed by atoms with Crippen molar-refractivity contribution in [2.75, 3.05) is 24.7 Å². The molecule has 7 nitrogen and oxygen atoms in total. The second-order valence-corrected chi connectivity index (χ2v) is 9.69. The molecule has 0 spiro atoms. The Kier molecular flexibility index (Phi) is 5.85. The van der Waals surface area contributed by atoms with Crippen LogP contribution in [0.5, 0.6) is 17.2 Å². The Morgan fingerprint density at radius 2 is 1.87 bits per heavy atom. The summed E-state index contributed by atoms with van der Waals surface area (Å²) in [5.74, 6) is 1.67. The minimum atomic E-state index is -3.15. The van der Waals surface area contributed by atoms with Gasteiger partial charge in [-0.2, -0.15) is 0 Å². The van der Waals surface area contributed by atoms with Crippen LogP contribution >= 0.6 is 0 Å². The molecule has 0 aromatic heterocycles. The largest absolute Gasteiger partial charge is 0.494 e. The molecule has 0 aliphatic carbocycles. The maximum Gasteiger partial charge on any atom is 0.267 e. The summed E-state index contributed by atoms with van der Waals surface area (Å²) in [6.45, 7) is 2.88. The van der Waals surface area contributed by atoms with E-state index < -0.39 is 15.9 Å². The van der Waals surface area contributed by atoms with E-state index in [0.29, 0.717) is 31.1 Å². The number of para-hydroxylation sites is 2. The van der Waals surface area contributed by atoms with Crippen molar-refractivity contribution in [3.05, 3.63) is 54.1 Å². The molecule has 0 N–H and O–H groups in total. The van der Waals surface area contributed by atoms with Crippen molar-refractivity contribution in [1.82, 2.24) is 4.90 Å². The first kappa shape index (κ1) is 20.5. The highest BCUT2D eigenvalue weighted by Gasteiger charge is 2.39. The Hall–Kier alpha value is -2.74. The van der Waals surface area contributed by atoms with E-state index in [0.717, 1.165) is 11.3 Å². The number of sulfone groups is 1. The number of amides is 1. The normalized spacial score (nSPS) is 21.8. The summed E-state index contributed by atoms with van der Waals surface area (Å²) in [5.41, 5.74) is 0.897. The fraction of sp³-hybridized carbons (Fsp3) is 0.409. The molecule has 160 valence electrons.